The number of aromatic nitrogens is 2. The summed E-state index contributed by atoms with van der Waals surface area (Å²) in [6.45, 7) is 2.46. The number of rotatable bonds is 7. The van der Waals surface area contributed by atoms with E-state index in [9.17, 15) is 15.0 Å². The first-order valence-corrected chi connectivity index (χ1v) is 8.76. The Balaban J connectivity index is 1.76. The van der Waals surface area contributed by atoms with E-state index in [-0.39, 0.29) is 6.42 Å². The Morgan fingerprint density at radius 1 is 1.42 bits per heavy atom. The molecule has 0 aliphatic carbocycles. The average molecular weight is 359 g/mol. The first-order chi connectivity index (χ1) is 12.5. The average Bonchev–Trinajstić information content (AvgIpc) is 3.16. The third-order valence-electron chi connectivity index (χ3n) is 5.18. The maximum Gasteiger partial charge on any atom is 0.313 e. The van der Waals surface area contributed by atoms with Gasteiger partial charge in [0.1, 0.15) is 11.2 Å². The van der Waals surface area contributed by atoms with Crippen molar-refractivity contribution in [2.24, 2.45) is 5.41 Å². The van der Waals surface area contributed by atoms with E-state index in [1.165, 1.54) is 0 Å². The van der Waals surface area contributed by atoms with Crippen LogP contribution in [0.25, 0.3) is 0 Å². The van der Waals surface area contributed by atoms with E-state index < -0.39 is 17.5 Å². The molecule has 26 heavy (non-hydrogen) atoms. The molecule has 0 amide bonds. The number of carboxylic acid groups (broad SMARTS) is 1. The summed E-state index contributed by atoms with van der Waals surface area (Å²) in [5.41, 5.74) is -0.373. The van der Waals surface area contributed by atoms with Gasteiger partial charge in [0.25, 0.3) is 0 Å². The molecule has 0 saturated carbocycles. The summed E-state index contributed by atoms with van der Waals surface area (Å²) in [7, 11) is 1.58. The fourth-order valence-corrected chi connectivity index (χ4v) is 3.64. The second-order valence-corrected chi connectivity index (χ2v) is 6.87. The predicted octanol–water partition coefficient (Wildman–Crippen LogP) is 1.27. The van der Waals surface area contributed by atoms with Crippen molar-refractivity contribution in [3.8, 4) is 5.75 Å². The maximum absolute atomic E-state index is 12.2. The minimum absolute atomic E-state index is 0.266. The highest BCUT2D eigenvalue weighted by Crippen LogP contribution is 2.35. The topological polar surface area (TPSA) is 87.8 Å². The van der Waals surface area contributed by atoms with Crippen LogP contribution in [0, 0.1) is 5.41 Å². The number of methoxy groups -OCH3 is 1. The fraction of sp³-hybridized carbons (Fsp3) is 0.474. The fourth-order valence-electron chi connectivity index (χ4n) is 3.64. The van der Waals surface area contributed by atoms with Gasteiger partial charge in [-0.25, -0.2) is 4.98 Å². The SMILES string of the molecule is COc1cccc(C[C@@]2(C(=O)O)CN(CCn3ccnc3)CC[C@@H]2O)c1. The van der Waals surface area contributed by atoms with Crippen LogP contribution in [0.4, 0.5) is 0 Å². The third kappa shape index (κ3) is 3.89. The number of piperidine rings is 1. The van der Waals surface area contributed by atoms with Crippen molar-refractivity contribution in [3.63, 3.8) is 0 Å². The number of aliphatic carboxylic acids is 1. The van der Waals surface area contributed by atoms with Crippen molar-refractivity contribution >= 4 is 5.97 Å². The van der Waals surface area contributed by atoms with Crippen molar-refractivity contribution in [2.45, 2.75) is 25.5 Å². The molecule has 1 saturated heterocycles. The lowest BCUT2D eigenvalue weighted by Gasteiger charge is -2.43. The number of nitrogens with zero attached hydrogens (tertiary/aromatic N) is 3. The molecular weight excluding hydrogens is 334 g/mol. The molecule has 1 fully saturated rings. The number of imidazole rings is 1. The Labute approximate surface area is 152 Å². The number of carboxylic acids is 1. The van der Waals surface area contributed by atoms with Crippen LogP contribution in [0.3, 0.4) is 0 Å². The van der Waals surface area contributed by atoms with Gasteiger partial charge in [-0.15, -0.1) is 0 Å². The van der Waals surface area contributed by atoms with Crippen molar-refractivity contribution < 1.29 is 19.7 Å². The highest BCUT2D eigenvalue weighted by Gasteiger charge is 2.49. The highest BCUT2D eigenvalue weighted by atomic mass is 16.5. The lowest BCUT2D eigenvalue weighted by Crippen LogP contribution is -2.57. The van der Waals surface area contributed by atoms with Crippen molar-refractivity contribution in [1.29, 1.82) is 0 Å². The van der Waals surface area contributed by atoms with Crippen molar-refractivity contribution in [2.75, 3.05) is 26.7 Å². The monoisotopic (exact) mass is 359 g/mol. The molecule has 0 spiro atoms. The van der Waals surface area contributed by atoms with Gasteiger partial charge >= 0.3 is 5.97 Å². The van der Waals surface area contributed by atoms with E-state index in [2.05, 4.69) is 9.88 Å². The molecule has 0 unspecified atom stereocenters. The third-order valence-corrected chi connectivity index (χ3v) is 5.18. The van der Waals surface area contributed by atoms with Gasteiger partial charge in [0.2, 0.25) is 0 Å². The number of ether oxygens (including phenoxy) is 1. The van der Waals surface area contributed by atoms with Gasteiger partial charge < -0.3 is 24.4 Å². The van der Waals surface area contributed by atoms with E-state index in [4.69, 9.17) is 4.74 Å². The summed E-state index contributed by atoms with van der Waals surface area (Å²) in [6, 6.07) is 7.38. The van der Waals surface area contributed by atoms with Gasteiger partial charge in [-0.05, 0) is 30.5 Å². The Hall–Kier alpha value is -2.38. The van der Waals surface area contributed by atoms with Gasteiger partial charge in [0.15, 0.2) is 0 Å². The molecule has 1 aliphatic heterocycles. The quantitative estimate of drug-likeness (QED) is 0.774. The lowest BCUT2D eigenvalue weighted by molar-refractivity contribution is -0.163. The molecule has 1 aromatic carbocycles. The van der Waals surface area contributed by atoms with Crippen LogP contribution in [0.15, 0.2) is 43.0 Å². The summed E-state index contributed by atoms with van der Waals surface area (Å²) >= 11 is 0. The molecular formula is C19H25N3O4. The van der Waals surface area contributed by atoms with E-state index in [0.717, 1.165) is 18.7 Å². The number of hydrogen-bond acceptors (Lipinski definition) is 5. The van der Waals surface area contributed by atoms with E-state index in [0.29, 0.717) is 25.3 Å². The minimum Gasteiger partial charge on any atom is -0.497 e. The normalized spacial score (nSPS) is 23.7. The highest BCUT2D eigenvalue weighted by molar-refractivity contribution is 5.76. The standard InChI is InChI=1S/C19H25N3O4/c1-26-16-4-2-3-15(11-16)12-19(18(24)25)13-21(7-5-17(19)23)9-10-22-8-6-20-14-22/h2-4,6,8,11,14,17,23H,5,7,9-10,12-13H2,1H3,(H,24,25)/t17-,19+/m0/s1. The van der Waals surface area contributed by atoms with E-state index in [1.54, 1.807) is 19.6 Å². The molecule has 7 nitrogen and oxygen atoms in total. The van der Waals surface area contributed by atoms with Gasteiger partial charge in [-0.3, -0.25) is 4.79 Å². The Morgan fingerprint density at radius 2 is 2.27 bits per heavy atom. The first-order valence-electron chi connectivity index (χ1n) is 8.76. The molecule has 3 rings (SSSR count). The molecule has 1 aliphatic rings. The molecule has 0 radical (unpaired) electrons. The van der Waals surface area contributed by atoms with Crippen LogP contribution in [0.2, 0.25) is 0 Å². The molecule has 7 heteroatoms. The number of aliphatic hydroxyl groups excluding tert-OH is 1. The first kappa shape index (κ1) is 18.4. The van der Waals surface area contributed by atoms with Crippen LogP contribution in [-0.4, -0.2) is 63.5 Å². The molecule has 140 valence electrons. The van der Waals surface area contributed by atoms with Crippen LogP contribution in [0.1, 0.15) is 12.0 Å². The van der Waals surface area contributed by atoms with Gasteiger partial charge in [0, 0.05) is 38.6 Å². The number of hydrogen-bond donors (Lipinski definition) is 2. The summed E-state index contributed by atoms with van der Waals surface area (Å²) in [5, 5.41) is 20.6. The van der Waals surface area contributed by atoms with Crippen molar-refractivity contribution in [1.82, 2.24) is 14.5 Å². The van der Waals surface area contributed by atoms with Gasteiger partial charge in [-0.1, -0.05) is 12.1 Å². The van der Waals surface area contributed by atoms with Gasteiger partial charge in [-0.2, -0.15) is 0 Å². The maximum atomic E-state index is 12.2. The molecule has 2 heterocycles. The summed E-state index contributed by atoms with van der Waals surface area (Å²) < 4.78 is 7.20. The summed E-state index contributed by atoms with van der Waals surface area (Å²) in [5.74, 6) is -0.273. The lowest BCUT2D eigenvalue weighted by atomic mass is 9.73. The minimum atomic E-state index is -1.22. The summed E-state index contributed by atoms with van der Waals surface area (Å²) in [6.07, 6.45) is 5.20. The molecule has 2 aromatic rings. The number of aliphatic hydroxyl groups is 1. The van der Waals surface area contributed by atoms with Crippen LogP contribution >= 0.6 is 0 Å². The Kier molecular flexibility index (Phi) is 5.58. The van der Waals surface area contributed by atoms with Crippen LogP contribution in [0.5, 0.6) is 5.75 Å². The van der Waals surface area contributed by atoms with Crippen LogP contribution in [-0.2, 0) is 17.8 Å². The predicted molar refractivity (Wildman–Crippen MR) is 96.1 cm³/mol. The number of carbonyl (C=O) groups is 1. The zero-order chi connectivity index (χ0) is 18.6. The molecule has 1 aromatic heterocycles. The number of likely N-dealkylation sites (tertiary alicyclic amines) is 1. The van der Waals surface area contributed by atoms with Crippen LogP contribution < -0.4 is 4.74 Å². The van der Waals surface area contributed by atoms with Gasteiger partial charge in [0.05, 0.1) is 19.5 Å². The van der Waals surface area contributed by atoms with E-state index >= 15 is 0 Å². The van der Waals surface area contributed by atoms with E-state index in [1.807, 2.05) is 35.0 Å². The van der Waals surface area contributed by atoms with Crippen molar-refractivity contribution in [3.05, 3.63) is 48.5 Å². The molecule has 2 N–H and O–H groups in total. The number of benzene rings is 1. The Bertz CT molecular complexity index is 734. The molecule has 0 bridgehead atoms. The zero-order valence-electron chi connectivity index (χ0n) is 14.9. The molecule has 2 atom stereocenters. The smallest absolute Gasteiger partial charge is 0.313 e. The zero-order valence-corrected chi connectivity index (χ0v) is 14.9. The second-order valence-electron chi connectivity index (χ2n) is 6.87. The largest absolute Gasteiger partial charge is 0.497 e. The Morgan fingerprint density at radius 3 is 2.96 bits per heavy atom. The summed E-state index contributed by atoms with van der Waals surface area (Å²) in [4.78, 5) is 18.3. The second kappa shape index (κ2) is 7.88.